The van der Waals surface area contributed by atoms with Gasteiger partial charge in [0.25, 0.3) is 0 Å². The van der Waals surface area contributed by atoms with Crippen molar-refractivity contribution < 1.29 is 48.2 Å². The Morgan fingerprint density at radius 1 is 0.647 bits per heavy atom. The highest BCUT2D eigenvalue weighted by atomic mass is 16.8. The molecule has 10 unspecified atom stereocenters. The molecule has 1 aromatic rings. The van der Waals surface area contributed by atoms with E-state index in [9.17, 15) is 19.8 Å². The summed E-state index contributed by atoms with van der Waals surface area (Å²) < 4.78 is 36.8. The van der Waals surface area contributed by atoms with E-state index in [1.807, 2.05) is 24.3 Å². The van der Waals surface area contributed by atoms with Gasteiger partial charge in [0.05, 0.1) is 12.2 Å². The van der Waals surface area contributed by atoms with Gasteiger partial charge in [-0.3, -0.25) is 0 Å². The van der Waals surface area contributed by atoms with Crippen molar-refractivity contribution in [1.29, 1.82) is 0 Å². The lowest BCUT2D eigenvalue weighted by atomic mass is 9.82. The lowest BCUT2D eigenvalue weighted by Gasteiger charge is -2.42. The van der Waals surface area contributed by atoms with Crippen molar-refractivity contribution in [2.75, 3.05) is 0 Å². The lowest BCUT2D eigenvalue weighted by Crippen LogP contribution is -2.47. The van der Waals surface area contributed by atoms with Crippen LogP contribution in [0.15, 0.2) is 24.3 Å². The van der Waals surface area contributed by atoms with Crippen LogP contribution in [0.4, 0.5) is 0 Å². The maximum atomic E-state index is 12.1. The molecule has 180 valence electrons. The summed E-state index contributed by atoms with van der Waals surface area (Å²) in [6.07, 6.45) is -1.47. The van der Waals surface area contributed by atoms with Gasteiger partial charge in [0.2, 0.25) is 0 Å². The van der Waals surface area contributed by atoms with E-state index in [-0.39, 0.29) is 25.7 Å². The van der Waals surface area contributed by atoms with Gasteiger partial charge in [0.15, 0.2) is 22.8 Å². The van der Waals surface area contributed by atoms with Crippen molar-refractivity contribution in [3.05, 3.63) is 35.4 Å². The molecule has 6 fully saturated rings. The smallest absolute Gasteiger partial charge is 0.338 e. The topological polar surface area (TPSA) is 130 Å². The second kappa shape index (κ2) is 6.00. The number of benzene rings is 1. The van der Waals surface area contributed by atoms with E-state index in [1.54, 1.807) is 0 Å². The van der Waals surface area contributed by atoms with Crippen molar-refractivity contribution >= 4 is 11.9 Å². The molecule has 4 aliphatic heterocycles. The number of rotatable bonds is 0. The summed E-state index contributed by atoms with van der Waals surface area (Å²) in [5.74, 6) is -3.37. The van der Waals surface area contributed by atoms with Crippen molar-refractivity contribution in [3.8, 4) is 0 Å². The van der Waals surface area contributed by atoms with Crippen LogP contribution in [0, 0.1) is 0 Å². The molecule has 10 atom stereocenters. The monoisotopic (exact) mass is 472 g/mol. The molecule has 0 amide bonds. The first-order valence-corrected chi connectivity index (χ1v) is 11.9. The SMILES string of the molecule is O=C1OC2CC1(O)CC1OC3(CCC4(OC5CC6(O)CC(OC6=O)C5O4)c4ccccc43)OC21. The number of hydrogen-bond acceptors (Lipinski definition) is 10. The summed E-state index contributed by atoms with van der Waals surface area (Å²) in [6.45, 7) is 0. The maximum Gasteiger partial charge on any atom is 0.338 e. The summed E-state index contributed by atoms with van der Waals surface area (Å²) >= 11 is 0. The second-order valence-corrected chi connectivity index (χ2v) is 10.8. The molecule has 0 radical (unpaired) electrons. The van der Waals surface area contributed by atoms with E-state index in [0.717, 1.165) is 11.1 Å². The summed E-state index contributed by atoms with van der Waals surface area (Å²) in [4.78, 5) is 24.2. The Morgan fingerprint density at radius 3 is 1.50 bits per heavy atom. The molecule has 2 spiro atoms. The first kappa shape index (κ1) is 20.1. The van der Waals surface area contributed by atoms with E-state index >= 15 is 0 Å². The lowest BCUT2D eigenvalue weighted by molar-refractivity contribution is -0.256. The van der Waals surface area contributed by atoms with Gasteiger partial charge < -0.3 is 38.6 Å². The molecule has 34 heavy (non-hydrogen) atoms. The molecular formula is C24H24O10. The minimum absolute atomic E-state index is 0.130. The number of hydrogen-bond donors (Lipinski definition) is 2. The maximum absolute atomic E-state index is 12.1. The Kier molecular flexibility index (Phi) is 3.56. The number of aliphatic hydroxyl groups is 2. The third-order valence-electron chi connectivity index (χ3n) is 8.77. The molecular weight excluding hydrogens is 448 g/mol. The van der Waals surface area contributed by atoms with E-state index in [2.05, 4.69) is 0 Å². The highest BCUT2D eigenvalue weighted by Gasteiger charge is 2.69. The Morgan fingerprint density at radius 2 is 1.06 bits per heavy atom. The molecule has 8 rings (SSSR count). The van der Waals surface area contributed by atoms with Gasteiger partial charge in [-0.15, -0.1) is 0 Å². The third-order valence-corrected chi connectivity index (χ3v) is 8.77. The van der Waals surface area contributed by atoms with Gasteiger partial charge in [-0.05, 0) is 0 Å². The van der Waals surface area contributed by atoms with Crippen LogP contribution >= 0.6 is 0 Å². The molecule has 10 nitrogen and oxygen atoms in total. The van der Waals surface area contributed by atoms with Gasteiger partial charge in [0, 0.05) is 49.7 Å². The normalized spacial score (nSPS) is 54.1. The van der Waals surface area contributed by atoms with Crippen LogP contribution in [-0.2, 0) is 49.6 Å². The molecule has 4 saturated heterocycles. The highest BCUT2D eigenvalue weighted by Crippen LogP contribution is 2.59. The van der Waals surface area contributed by atoms with Crippen LogP contribution in [0.25, 0.3) is 0 Å². The van der Waals surface area contributed by atoms with Gasteiger partial charge in [-0.2, -0.15) is 0 Å². The molecule has 1 aromatic carbocycles. The number of esters is 2. The molecule has 10 heteroatoms. The Labute approximate surface area is 194 Å². The average molecular weight is 472 g/mol. The van der Waals surface area contributed by atoms with E-state index < -0.39 is 71.3 Å². The molecule has 7 aliphatic rings. The van der Waals surface area contributed by atoms with Crippen LogP contribution in [0.3, 0.4) is 0 Å². The van der Waals surface area contributed by atoms with Crippen molar-refractivity contribution in [2.24, 2.45) is 0 Å². The van der Waals surface area contributed by atoms with E-state index in [0.29, 0.717) is 12.8 Å². The van der Waals surface area contributed by atoms with Gasteiger partial charge >= 0.3 is 11.9 Å². The van der Waals surface area contributed by atoms with Crippen LogP contribution in [0.1, 0.15) is 49.7 Å². The number of ether oxygens (including phenoxy) is 6. The Hall–Kier alpha value is -2.08. The zero-order valence-electron chi connectivity index (χ0n) is 18.2. The fraction of sp³-hybridized carbons (Fsp3) is 0.667. The average Bonchev–Trinajstić information content (AvgIpc) is 3.49. The zero-order chi connectivity index (χ0) is 23.1. The van der Waals surface area contributed by atoms with E-state index in [1.165, 1.54) is 0 Å². The number of carbonyl (C=O) groups excluding carboxylic acids is 2. The largest absolute Gasteiger partial charge is 0.457 e. The molecule has 0 aromatic heterocycles. The van der Waals surface area contributed by atoms with Crippen LogP contribution in [-0.4, -0.2) is 70.0 Å². The Bertz CT molecular complexity index is 1050. The fourth-order valence-electron chi connectivity index (χ4n) is 7.23. The first-order chi connectivity index (χ1) is 16.2. The predicted octanol–water partition coefficient (Wildman–Crippen LogP) is 0.255. The molecule has 2 N–H and O–H groups in total. The zero-order valence-corrected chi connectivity index (χ0v) is 18.2. The third kappa shape index (κ3) is 2.32. The summed E-state index contributed by atoms with van der Waals surface area (Å²) in [7, 11) is 0. The van der Waals surface area contributed by atoms with Gasteiger partial charge in [-0.1, -0.05) is 24.3 Å². The second-order valence-electron chi connectivity index (χ2n) is 10.8. The summed E-state index contributed by atoms with van der Waals surface area (Å²) in [5, 5.41) is 21.4. The van der Waals surface area contributed by atoms with Gasteiger partial charge in [0.1, 0.15) is 24.4 Å². The predicted molar refractivity (Wildman–Crippen MR) is 107 cm³/mol. The van der Waals surface area contributed by atoms with Gasteiger partial charge in [-0.25, -0.2) is 9.59 Å². The highest BCUT2D eigenvalue weighted by molar-refractivity contribution is 5.82. The molecule has 4 bridgehead atoms. The van der Waals surface area contributed by atoms with Crippen molar-refractivity contribution in [1.82, 2.24) is 0 Å². The number of carbonyl (C=O) groups is 2. The number of fused-ring (bicyclic) bond motifs is 11. The first-order valence-electron chi connectivity index (χ1n) is 11.9. The van der Waals surface area contributed by atoms with Crippen molar-refractivity contribution in [3.63, 3.8) is 0 Å². The summed E-state index contributed by atoms with van der Waals surface area (Å²) in [5.41, 5.74) is -1.52. The van der Waals surface area contributed by atoms with E-state index in [4.69, 9.17) is 28.4 Å². The molecule has 3 aliphatic carbocycles. The quantitative estimate of drug-likeness (QED) is 0.507. The molecule has 4 heterocycles. The fourth-order valence-corrected chi connectivity index (χ4v) is 7.23. The Balaban J connectivity index is 1.15. The molecule has 2 saturated carbocycles. The van der Waals surface area contributed by atoms with Crippen molar-refractivity contribution in [2.45, 2.75) is 97.9 Å². The van der Waals surface area contributed by atoms with Crippen LogP contribution in [0.2, 0.25) is 0 Å². The minimum atomic E-state index is -1.53. The van der Waals surface area contributed by atoms with Crippen LogP contribution < -0.4 is 0 Å². The standard InChI is InChI=1S/C24H24O10/c25-19-21(27)7-13(29-19)17-15(9-21)31-23(33-17)5-6-24(12-4-2-1-3-11(12)23)32-16-10-22(28)8-14(18(16)34-24)30-20(22)26/h1-4,13-18,27-28H,5-10H2. The summed E-state index contributed by atoms with van der Waals surface area (Å²) in [6, 6.07) is 7.62. The minimum Gasteiger partial charge on any atom is -0.457 e. The van der Waals surface area contributed by atoms with Crippen LogP contribution in [0.5, 0.6) is 0 Å².